The fourth-order valence-corrected chi connectivity index (χ4v) is 3.81. The van der Waals surface area contributed by atoms with Crippen LogP contribution in [-0.2, 0) is 9.59 Å². The van der Waals surface area contributed by atoms with Gasteiger partial charge in [-0.2, -0.15) is 0 Å². The first-order valence-corrected chi connectivity index (χ1v) is 9.18. The van der Waals surface area contributed by atoms with Crippen molar-refractivity contribution in [3.05, 3.63) is 34.9 Å². The van der Waals surface area contributed by atoms with E-state index in [-0.39, 0.29) is 30.3 Å². The number of rotatable bonds is 5. The van der Waals surface area contributed by atoms with Crippen molar-refractivity contribution in [1.82, 2.24) is 15.8 Å². The predicted molar refractivity (Wildman–Crippen MR) is 95.0 cm³/mol. The molecule has 2 aliphatic rings. The maximum atomic E-state index is 12.8. The maximum absolute atomic E-state index is 12.8. The van der Waals surface area contributed by atoms with Crippen molar-refractivity contribution in [2.75, 3.05) is 13.1 Å². The lowest BCUT2D eigenvalue weighted by atomic mass is 9.92. The van der Waals surface area contributed by atoms with Crippen molar-refractivity contribution in [3.8, 4) is 0 Å². The van der Waals surface area contributed by atoms with Crippen LogP contribution in [0.4, 0.5) is 0 Å². The molecule has 25 heavy (non-hydrogen) atoms. The second kappa shape index (κ2) is 8.17. The van der Waals surface area contributed by atoms with E-state index in [1.165, 1.54) is 0 Å². The lowest BCUT2D eigenvalue weighted by Crippen LogP contribution is -2.49. The quantitative estimate of drug-likeness (QED) is 0.746. The van der Waals surface area contributed by atoms with E-state index in [2.05, 4.69) is 10.9 Å². The Morgan fingerprint density at radius 2 is 2.00 bits per heavy atom. The number of hydrogen-bond acceptors (Lipinski definition) is 4. The van der Waals surface area contributed by atoms with E-state index < -0.39 is 5.97 Å². The van der Waals surface area contributed by atoms with Crippen LogP contribution in [0.15, 0.2) is 24.3 Å². The number of nitrogens with zero attached hydrogens (tertiary/aromatic N) is 1. The van der Waals surface area contributed by atoms with Gasteiger partial charge in [0.05, 0.1) is 0 Å². The van der Waals surface area contributed by atoms with Crippen LogP contribution in [0.2, 0.25) is 5.02 Å². The molecule has 3 atom stereocenters. The normalized spacial score (nSPS) is 26.6. The smallest absolute Gasteiger partial charge is 0.303 e. The molecule has 0 aliphatic carbocycles. The van der Waals surface area contributed by atoms with Gasteiger partial charge in [0.2, 0.25) is 5.91 Å². The molecule has 2 aliphatic heterocycles. The molecule has 3 unspecified atom stereocenters. The molecule has 2 fully saturated rings. The number of nitrogens with one attached hydrogen (secondary N) is 2. The second-order valence-electron chi connectivity index (χ2n) is 6.91. The van der Waals surface area contributed by atoms with E-state index >= 15 is 0 Å². The lowest BCUT2D eigenvalue weighted by molar-refractivity contribution is -0.137. The van der Waals surface area contributed by atoms with Crippen LogP contribution >= 0.6 is 11.6 Å². The van der Waals surface area contributed by atoms with Gasteiger partial charge in [0.1, 0.15) is 6.04 Å². The molecule has 3 N–H and O–H groups in total. The van der Waals surface area contributed by atoms with E-state index in [1.54, 1.807) is 0 Å². The third-order valence-corrected chi connectivity index (χ3v) is 5.32. The van der Waals surface area contributed by atoms with Crippen LogP contribution in [0.1, 0.15) is 43.7 Å². The van der Waals surface area contributed by atoms with Crippen molar-refractivity contribution >= 4 is 23.5 Å². The monoisotopic (exact) mass is 365 g/mol. The van der Waals surface area contributed by atoms with Crippen LogP contribution < -0.4 is 10.9 Å². The van der Waals surface area contributed by atoms with Gasteiger partial charge in [0.25, 0.3) is 0 Å². The minimum atomic E-state index is -0.768. The van der Waals surface area contributed by atoms with Gasteiger partial charge in [-0.25, -0.2) is 10.9 Å². The molecule has 2 heterocycles. The summed E-state index contributed by atoms with van der Waals surface area (Å²) >= 11 is 5.92. The molecule has 1 amide bonds. The van der Waals surface area contributed by atoms with E-state index in [0.29, 0.717) is 24.4 Å². The first-order valence-electron chi connectivity index (χ1n) is 8.80. The molecule has 0 bridgehead atoms. The number of piperidine rings is 1. The Labute approximate surface area is 152 Å². The number of halogens is 1. The average Bonchev–Trinajstić information content (AvgIpc) is 3.10. The Morgan fingerprint density at radius 3 is 2.72 bits per heavy atom. The molecule has 0 saturated carbocycles. The number of benzene rings is 1. The fraction of sp³-hybridized carbons (Fsp3) is 0.556. The molecule has 0 spiro atoms. The molecular formula is C18H24ClN3O3. The summed E-state index contributed by atoms with van der Waals surface area (Å²) in [5.74, 6) is -0.380. The van der Waals surface area contributed by atoms with Gasteiger partial charge < -0.3 is 10.0 Å². The molecular weight excluding hydrogens is 342 g/mol. The minimum absolute atomic E-state index is 0.0822. The number of carbonyl (C=O) groups is 2. The van der Waals surface area contributed by atoms with E-state index in [4.69, 9.17) is 16.7 Å². The van der Waals surface area contributed by atoms with Gasteiger partial charge in [-0.1, -0.05) is 23.7 Å². The molecule has 0 aromatic heterocycles. The zero-order valence-corrected chi connectivity index (χ0v) is 14.8. The summed E-state index contributed by atoms with van der Waals surface area (Å²) in [7, 11) is 0. The Morgan fingerprint density at radius 1 is 1.24 bits per heavy atom. The number of amides is 1. The standard InChI is InChI=1S/C18H24ClN3O3/c19-14-6-4-13(5-7-14)15-10-16(21-20-15)18(25)22-9-1-2-12(11-22)3-8-17(23)24/h4-7,12,15-16,20-21H,1-3,8-11H2,(H,23,24). The Balaban J connectivity index is 1.54. The third-order valence-electron chi connectivity index (χ3n) is 5.07. The number of carboxylic acids is 1. The number of likely N-dealkylation sites (tertiary alicyclic amines) is 1. The highest BCUT2D eigenvalue weighted by Crippen LogP contribution is 2.26. The van der Waals surface area contributed by atoms with Gasteiger partial charge in [0.15, 0.2) is 0 Å². The zero-order chi connectivity index (χ0) is 17.8. The fourth-order valence-electron chi connectivity index (χ4n) is 3.68. The highest BCUT2D eigenvalue weighted by atomic mass is 35.5. The molecule has 136 valence electrons. The molecule has 6 nitrogen and oxygen atoms in total. The number of hydrogen-bond donors (Lipinski definition) is 3. The molecule has 7 heteroatoms. The van der Waals surface area contributed by atoms with Crippen molar-refractivity contribution in [3.63, 3.8) is 0 Å². The summed E-state index contributed by atoms with van der Waals surface area (Å²) in [6.07, 6.45) is 3.45. The summed E-state index contributed by atoms with van der Waals surface area (Å²) in [4.78, 5) is 25.4. The minimum Gasteiger partial charge on any atom is -0.481 e. The van der Waals surface area contributed by atoms with Crippen molar-refractivity contribution < 1.29 is 14.7 Å². The highest BCUT2D eigenvalue weighted by Gasteiger charge is 2.34. The van der Waals surface area contributed by atoms with Crippen molar-refractivity contribution in [2.45, 2.75) is 44.2 Å². The first-order chi connectivity index (χ1) is 12.0. The summed E-state index contributed by atoms with van der Waals surface area (Å²) < 4.78 is 0. The third kappa shape index (κ3) is 4.71. The van der Waals surface area contributed by atoms with Gasteiger partial charge in [-0.3, -0.25) is 9.59 Å². The number of hydrazine groups is 1. The van der Waals surface area contributed by atoms with Gasteiger partial charge in [-0.15, -0.1) is 0 Å². The summed E-state index contributed by atoms with van der Waals surface area (Å²) in [6.45, 7) is 1.42. The van der Waals surface area contributed by atoms with Crippen LogP contribution in [0.25, 0.3) is 0 Å². The largest absolute Gasteiger partial charge is 0.481 e. The van der Waals surface area contributed by atoms with Gasteiger partial charge >= 0.3 is 5.97 Å². The topological polar surface area (TPSA) is 81.7 Å². The Hall–Kier alpha value is -1.63. The molecule has 2 saturated heterocycles. The van der Waals surface area contributed by atoms with Gasteiger partial charge in [-0.05, 0) is 49.3 Å². The molecule has 1 aromatic rings. The average molecular weight is 366 g/mol. The predicted octanol–water partition coefficient (Wildman–Crippen LogP) is 2.35. The van der Waals surface area contributed by atoms with E-state index in [0.717, 1.165) is 24.9 Å². The number of aliphatic carboxylic acids is 1. The first kappa shape index (κ1) is 18.2. The number of carbonyl (C=O) groups excluding carboxylic acids is 1. The summed E-state index contributed by atoms with van der Waals surface area (Å²) in [5, 5.41) is 9.54. The zero-order valence-electron chi connectivity index (χ0n) is 14.1. The van der Waals surface area contributed by atoms with E-state index in [1.807, 2.05) is 29.2 Å². The van der Waals surface area contributed by atoms with Crippen LogP contribution in [0, 0.1) is 5.92 Å². The van der Waals surface area contributed by atoms with Crippen LogP contribution in [-0.4, -0.2) is 41.0 Å². The molecule has 0 radical (unpaired) electrons. The SMILES string of the molecule is O=C(O)CCC1CCCN(C(=O)C2CC(c3ccc(Cl)cc3)NN2)C1. The van der Waals surface area contributed by atoms with E-state index in [9.17, 15) is 9.59 Å². The lowest BCUT2D eigenvalue weighted by Gasteiger charge is -2.34. The molecule has 1 aromatic carbocycles. The van der Waals surface area contributed by atoms with Gasteiger partial charge in [0, 0.05) is 30.6 Å². The van der Waals surface area contributed by atoms with Crippen LogP contribution in [0.5, 0.6) is 0 Å². The highest BCUT2D eigenvalue weighted by molar-refractivity contribution is 6.30. The van der Waals surface area contributed by atoms with Crippen molar-refractivity contribution in [1.29, 1.82) is 0 Å². The maximum Gasteiger partial charge on any atom is 0.303 e. The summed E-state index contributed by atoms with van der Waals surface area (Å²) in [5.41, 5.74) is 7.41. The Bertz CT molecular complexity index is 622. The van der Waals surface area contributed by atoms with Crippen LogP contribution in [0.3, 0.4) is 0 Å². The second-order valence-corrected chi connectivity index (χ2v) is 7.34. The van der Waals surface area contributed by atoms with Crippen molar-refractivity contribution in [2.24, 2.45) is 5.92 Å². The Kier molecular flexibility index (Phi) is 5.93. The number of carboxylic acid groups (broad SMARTS) is 1. The summed E-state index contributed by atoms with van der Waals surface area (Å²) in [6, 6.07) is 7.48. The molecule has 3 rings (SSSR count).